The first kappa shape index (κ1) is 22.2. The van der Waals surface area contributed by atoms with E-state index in [9.17, 15) is 17.6 Å². The van der Waals surface area contributed by atoms with Crippen LogP contribution in [0, 0.1) is 5.82 Å². The fourth-order valence-electron chi connectivity index (χ4n) is 3.20. The van der Waals surface area contributed by atoms with E-state index in [0.29, 0.717) is 0 Å². The second-order valence-corrected chi connectivity index (χ2v) is 8.91. The van der Waals surface area contributed by atoms with Crippen molar-refractivity contribution in [2.75, 3.05) is 4.72 Å². The number of hydrogen-bond acceptors (Lipinski definition) is 5. The van der Waals surface area contributed by atoms with Crippen LogP contribution in [0.4, 0.5) is 10.1 Å². The molecule has 0 bridgehead atoms. The summed E-state index contributed by atoms with van der Waals surface area (Å²) in [6, 6.07) is 17.8. The molecule has 1 unspecified atom stereocenters. The Morgan fingerprint density at radius 1 is 1.00 bits per heavy atom. The molecule has 1 atom stereocenters. The molecule has 4 rings (SSSR count). The van der Waals surface area contributed by atoms with Crippen molar-refractivity contribution in [3.05, 3.63) is 102 Å². The number of benzene rings is 3. The highest BCUT2D eigenvalue weighted by molar-refractivity contribution is 7.92. The molecular formula is C23H20FN5O3S. The highest BCUT2D eigenvalue weighted by Gasteiger charge is 2.20. The molecule has 1 aromatic heterocycles. The van der Waals surface area contributed by atoms with Crippen molar-refractivity contribution in [3.63, 3.8) is 0 Å². The molecule has 0 saturated heterocycles. The highest BCUT2D eigenvalue weighted by Crippen LogP contribution is 2.22. The molecule has 168 valence electrons. The van der Waals surface area contributed by atoms with E-state index in [1.165, 1.54) is 18.5 Å². The van der Waals surface area contributed by atoms with Crippen LogP contribution in [0.25, 0.3) is 5.69 Å². The molecule has 0 spiro atoms. The van der Waals surface area contributed by atoms with Gasteiger partial charge in [-0.2, -0.15) is 5.10 Å². The normalized spacial score (nSPS) is 12.2. The maximum Gasteiger partial charge on any atom is 0.261 e. The number of anilines is 1. The van der Waals surface area contributed by atoms with E-state index in [1.54, 1.807) is 23.1 Å². The molecule has 1 heterocycles. The highest BCUT2D eigenvalue weighted by atomic mass is 32.2. The molecule has 0 fully saturated rings. The van der Waals surface area contributed by atoms with Gasteiger partial charge in [-0.1, -0.05) is 24.3 Å². The third-order valence-electron chi connectivity index (χ3n) is 4.96. The van der Waals surface area contributed by atoms with Crippen molar-refractivity contribution >= 4 is 21.6 Å². The molecular weight excluding hydrogens is 445 g/mol. The van der Waals surface area contributed by atoms with Crippen molar-refractivity contribution < 1.29 is 17.6 Å². The molecule has 0 aliphatic rings. The van der Waals surface area contributed by atoms with Crippen LogP contribution in [-0.4, -0.2) is 29.1 Å². The topological polar surface area (TPSA) is 106 Å². The number of halogens is 1. The molecule has 0 aliphatic heterocycles. The Labute approximate surface area is 190 Å². The number of para-hydroxylation sites is 1. The minimum Gasteiger partial charge on any atom is -0.345 e. The van der Waals surface area contributed by atoms with Crippen molar-refractivity contribution in [2.24, 2.45) is 0 Å². The van der Waals surface area contributed by atoms with E-state index < -0.39 is 21.7 Å². The first-order chi connectivity index (χ1) is 15.8. The summed E-state index contributed by atoms with van der Waals surface area (Å²) in [6.45, 7) is 1.83. The second-order valence-electron chi connectivity index (χ2n) is 7.23. The molecule has 10 heteroatoms. The van der Waals surface area contributed by atoms with Gasteiger partial charge in [-0.15, -0.1) is 0 Å². The quantitative estimate of drug-likeness (QED) is 0.433. The van der Waals surface area contributed by atoms with E-state index in [4.69, 9.17) is 0 Å². The Kier molecular flexibility index (Phi) is 6.18. The first-order valence-corrected chi connectivity index (χ1v) is 11.4. The van der Waals surface area contributed by atoms with Gasteiger partial charge in [0.25, 0.3) is 15.9 Å². The van der Waals surface area contributed by atoms with Crippen LogP contribution < -0.4 is 10.0 Å². The number of hydrogen-bond donors (Lipinski definition) is 2. The van der Waals surface area contributed by atoms with Gasteiger partial charge in [0.15, 0.2) is 0 Å². The van der Waals surface area contributed by atoms with Gasteiger partial charge in [-0.25, -0.2) is 22.5 Å². The van der Waals surface area contributed by atoms with Crippen LogP contribution in [0.3, 0.4) is 0 Å². The number of aromatic nitrogens is 3. The van der Waals surface area contributed by atoms with Crippen LogP contribution in [0.1, 0.15) is 28.9 Å². The van der Waals surface area contributed by atoms with Gasteiger partial charge in [0, 0.05) is 0 Å². The molecule has 4 aromatic rings. The molecule has 1 amide bonds. The fraction of sp³-hybridized carbons (Fsp3) is 0.0870. The summed E-state index contributed by atoms with van der Waals surface area (Å²) in [7, 11) is -4.00. The maximum atomic E-state index is 13.2. The van der Waals surface area contributed by atoms with Crippen LogP contribution in [0.15, 0.2) is 90.3 Å². The summed E-state index contributed by atoms with van der Waals surface area (Å²) in [5, 5.41) is 6.96. The lowest BCUT2D eigenvalue weighted by Crippen LogP contribution is -2.28. The van der Waals surface area contributed by atoms with Crippen molar-refractivity contribution in [1.82, 2.24) is 20.1 Å². The fourth-order valence-corrected chi connectivity index (χ4v) is 4.28. The molecule has 33 heavy (non-hydrogen) atoms. The second kappa shape index (κ2) is 9.21. The molecule has 0 aliphatic carbocycles. The molecule has 0 radical (unpaired) electrons. The number of carbonyl (C=O) groups is 1. The van der Waals surface area contributed by atoms with Crippen molar-refractivity contribution in [2.45, 2.75) is 17.9 Å². The van der Waals surface area contributed by atoms with Crippen LogP contribution in [-0.2, 0) is 10.0 Å². The van der Waals surface area contributed by atoms with Gasteiger partial charge in [-0.05, 0) is 61.0 Å². The third kappa shape index (κ3) is 5.07. The SMILES string of the molecule is CC(NC(=O)c1ccccc1NS(=O)(=O)c1ccc(F)cc1)c1ccc(-n2cncn2)cc1. The number of amides is 1. The molecule has 2 N–H and O–H groups in total. The predicted octanol–water partition coefficient (Wildman–Crippen LogP) is 3.70. The summed E-state index contributed by atoms with van der Waals surface area (Å²) in [6.07, 6.45) is 3.03. The van der Waals surface area contributed by atoms with E-state index in [1.807, 2.05) is 31.2 Å². The number of nitrogens with one attached hydrogen (secondary N) is 2. The Bertz CT molecular complexity index is 1360. The van der Waals surface area contributed by atoms with Gasteiger partial charge in [0.1, 0.15) is 18.5 Å². The average Bonchev–Trinajstić information content (AvgIpc) is 3.34. The largest absolute Gasteiger partial charge is 0.345 e. The third-order valence-corrected chi connectivity index (χ3v) is 6.35. The monoisotopic (exact) mass is 465 g/mol. The number of rotatable bonds is 7. The maximum absolute atomic E-state index is 13.2. The van der Waals surface area contributed by atoms with Crippen LogP contribution in [0.2, 0.25) is 0 Å². The van der Waals surface area contributed by atoms with Crippen molar-refractivity contribution in [3.8, 4) is 5.69 Å². The van der Waals surface area contributed by atoms with Crippen LogP contribution in [0.5, 0.6) is 0 Å². The van der Waals surface area contributed by atoms with Gasteiger partial charge in [0.05, 0.1) is 27.9 Å². The zero-order chi connectivity index (χ0) is 23.4. The summed E-state index contributed by atoms with van der Waals surface area (Å²) < 4.78 is 42.6. The Balaban J connectivity index is 1.50. The number of carbonyl (C=O) groups excluding carboxylic acids is 1. The van der Waals surface area contributed by atoms with Gasteiger partial charge in [0.2, 0.25) is 0 Å². The van der Waals surface area contributed by atoms with E-state index in [2.05, 4.69) is 20.1 Å². The lowest BCUT2D eigenvalue weighted by atomic mass is 10.1. The first-order valence-electron chi connectivity index (χ1n) is 9.97. The van der Waals surface area contributed by atoms with Gasteiger partial charge >= 0.3 is 0 Å². The minimum absolute atomic E-state index is 0.111. The zero-order valence-electron chi connectivity index (χ0n) is 17.5. The van der Waals surface area contributed by atoms with E-state index in [-0.39, 0.29) is 22.2 Å². The number of sulfonamides is 1. The smallest absolute Gasteiger partial charge is 0.261 e. The molecule has 0 saturated carbocycles. The van der Waals surface area contributed by atoms with E-state index >= 15 is 0 Å². The standard InChI is InChI=1S/C23H20FN5O3S/c1-16(17-6-10-19(11-7-17)29-15-25-14-26-29)27-23(30)21-4-2-3-5-22(21)28-33(31,32)20-12-8-18(24)9-13-20/h2-16,28H,1H3,(H,27,30). The van der Waals surface area contributed by atoms with E-state index in [0.717, 1.165) is 35.5 Å². The van der Waals surface area contributed by atoms with Gasteiger partial charge < -0.3 is 5.32 Å². The lowest BCUT2D eigenvalue weighted by molar-refractivity contribution is 0.0941. The Hall–Kier alpha value is -4.05. The Morgan fingerprint density at radius 2 is 1.70 bits per heavy atom. The summed E-state index contributed by atoms with van der Waals surface area (Å²) >= 11 is 0. The van der Waals surface area contributed by atoms with Crippen molar-refractivity contribution in [1.29, 1.82) is 0 Å². The summed E-state index contributed by atoms with van der Waals surface area (Å²) in [4.78, 5) is 16.8. The van der Waals surface area contributed by atoms with Gasteiger partial charge in [-0.3, -0.25) is 9.52 Å². The minimum atomic E-state index is -4.00. The lowest BCUT2D eigenvalue weighted by Gasteiger charge is -2.17. The molecule has 3 aromatic carbocycles. The predicted molar refractivity (Wildman–Crippen MR) is 121 cm³/mol. The summed E-state index contributed by atoms with van der Waals surface area (Å²) in [5.74, 6) is -0.989. The average molecular weight is 466 g/mol. The van der Waals surface area contributed by atoms with Crippen LogP contribution >= 0.6 is 0 Å². The molecule has 8 nitrogen and oxygen atoms in total. The summed E-state index contributed by atoms with van der Waals surface area (Å²) in [5.41, 5.74) is 1.97. The Morgan fingerprint density at radius 3 is 2.36 bits per heavy atom. The zero-order valence-corrected chi connectivity index (χ0v) is 18.3. The number of nitrogens with zero attached hydrogens (tertiary/aromatic N) is 3.